The fraction of sp³-hybridized carbons (Fsp3) is 0.545. The van der Waals surface area contributed by atoms with E-state index in [1.165, 1.54) is 16.7 Å². The molecule has 5 heterocycles. The smallest absolute Gasteiger partial charge is 0.406 e. The van der Waals surface area contributed by atoms with Crippen molar-refractivity contribution in [2.75, 3.05) is 54.1 Å². The third-order valence-electron chi connectivity index (χ3n) is 14.3. The van der Waals surface area contributed by atoms with E-state index in [4.69, 9.17) is 14.2 Å². The fourth-order valence-corrected chi connectivity index (χ4v) is 9.44. The van der Waals surface area contributed by atoms with E-state index in [2.05, 4.69) is 27.6 Å². The molecular weight excluding hydrogens is 947 g/mol. The maximum atomic E-state index is 15.0. The molecular formula is C55H69F4N7O7. The van der Waals surface area contributed by atoms with Crippen LogP contribution >= 0.6 is 0 Å². The number of carbonyl (C=O) groups is 4. The highest BCUT2D eigenvalue weighted by molar-refractivity contribution is 5.96. The van der Waals surface area contributed by atoms with Gasteiger partial charge in [0.1, 0.15) is 25.3 Å². The summed E-state index contributed by atoms with van der Waals surface area (Å²) in [7, 11) is 5.28. The highest BCUT2D eigenvalue weighted by atomic mass is 19.4. The molecule has 0 saturated carbocycles. The molecule has 3 aliphatic heterocycles. The SMILES string of the molecule is CO[C@@H](C)c1ncccc1-c1c2c3cc(ccc3n1CC(F)(F)F)-c1cc(CF)cc(c1)C[C@H](NC(=O)C(COC1CN(C(=O)C#CC(C)(C)N(C)C)C1)C(C)C)C(=O)N1CCC[C@H](N1)C(=O)OCC(C)(C)C2. The van der Waals surface area contributed by atoms with E-state index in [1.807, 2.05) is 60.5 Å². The Kier molecular flexibility index (Phi) is 16.8. The van der Waals surface area contributed by atoms with Crippen molar-refractivity contribution in [1.82, 2.24) is 35.1 Å². The molecule has 2 saturated heterocycles. The molecule has 73 heavy (non-hydrogen) atoms. The monoisotopic (exact) mass is 1020 g/mol. The minimum absolute atomic E-state index is 0.00847. The number of fused-ring (bicyclic) bond motifs is 6. The van der Waals surface area contributed by atoms with Crippen LogP contribution in [-0.2, 0) is 59.4 Å². The molecule has 3 aliphatic rings. The number of nitrogens with one attached hydrogen (secondary N) is 2. The van der Waals surface area contributed by atoms with Crippen molar-refractivity contribution in [3.8, 4) is 34.2 Å². The Morgan fingerprint density at radius 2 is 1.79 bits per heavy atom. The minimum atomic E-state index is -4.63. The molecule has 14 nitrogen and oxygen atoms in total. The van der Waals surface area contributed by atoms with Crippen LogP contribution in [0.1, 0.15) is 89.8 Å². The van der Waals surface area contributed by atoms with Crippen LogP contribution in [0.4, 0.5) is 17.6 Å². The van der Waals surface area contributed by atoms with Crippen molar-refractivity contribution in [2.45, 2.75) is 123 Å². The normalized spacial score (nSPS) is 19.7. The van der Waals surface area contributed by atoms with Gasteiger partial charge < -0.3 is 29.0 Å². The second kappa shape index (κ2) is 22.3. The van der Waals surface area contributed by atoms with Gasteiger partial charge in [0.05, 0.1) is 48.3 Å². The minimum Gasteiger partial charge on any atom is -0.464 e. The maximum Gasteiger partial charge on any atom is 0.406 e. The molecule has 2 aromatic carbocycles. The Hall–Kier alpha value is -5.87. The molecule has 2 N–H and O–H groups in total. The lowest BCUT2D eigenvalue weighted by molar-refractivity contribution is -0.155. The van der Waals surface area contributed by atoms with Gasteiger partial charge in [-0.05, 0) is 124 Å². The molecule has 18 heteroatoms. The van der Waals surface area contributed by atoms with Gasteiger partial charge in [0.15, 0.2) is 0 Å². The molecule has 7 rings (SSSR count). The summed E-state index contributed by atoms with van der Waals surface area (Å²) in [4.78, 5) is 64.0. The fourth-order valence-electron chi connectivity index (χ4n) is 9.44. The average Bonchev–Trinajstić information content (AvgIpc) is 3.61. The molecule has 3 amide bonds. The van der Waals surface area contributed by atoms with Crippen LogP contribution in [0, 0.1) is 29.1 Å². The summed E-state index contributed by atoms with van der Waals surface area (Å²) >= 11 is 0. The van der Waals surface area contributed by atoms with Gasteiger partial charge in [-0.15, -0.1) is 0 Å². The first kappa shape index (κ1) is 54.9. The number of esters is 1. The number of ether oxygens (including phenoxy) is 3. The number of carbonyl (C=O) groups excluding carboxylic acids is 4. The van der Waals surface area contributed by atoms with Gasteiger partial charge in [0, 0.05) is 61.2 Å². The molecule has 6 bridgehead atoms. The number of rotatable bonds is 12. The molecule has 1 unspecified atom stereocenters. The van der Waals surface area contributed by atoms with Gasteiger partial charge in [-0.25, -0.2) is 9.82 Å². The Morgan fingerprint density at radius 1 is 1.05 bits per heavy atom. The zero-order valence-electron chi connectivity index (χ0n) is 43.5. The summed E-state index contributed by atoms with van der Waals surface area (Å²) < 4.78 is 78.3. The average molecular weight is 1020 g/mol. The molecule has 4 atom stereocenters. The third kappa shape index (κ3) is 12.9. The molecule has 4 aromatic rings. The van der Waals surface area contributed by atoms with E-state index >= 15 is 0 Å². The predicted octanol–water partition coefficient (Wildman–Crippen LogP) is 7.60. The number of pyridine rings is 1. The van der Waals surface area contributed by atoms with Crippen LogP contribution in [0.15, 0.2) is 54.7 Å². The summed E-state index contributed by atoms with van der Waals surface area (Å²) in [5.74, 6) is 2.90. The lowest BCUT2D eigenvalue weighted by atomic mass is 9.84. The first-order valence-corrected chi connectivity index (χ1v) is 24.9. The quantitative estimate of drug-likeness (QED) is 0.0827. The van der Waals surface area contributed by atoms with E-state index in [-0.39, 0.29) is 56.1 Å². The topological polar surface area (TPSA) is 148 Å². The van der Waals surface area contributed by atoms with Crippen LogP contribution in [0.2, 0.25) is 0 Å². The van der Waals surface area contributed by atoms with Gasteiger partial charge in [-0.3, -0.25) is 34.1 Å². The summed E-state index contributed by atoms with van der Waals surface area (Å²) in [5, 5.41) is 4.84. The number of alkyl halides is 4. The summed E-state index contributed by atoms with van der Waals surface area (Å²) in [6, 6.07) is 11.5. The number of aromatic nitrogens is 2. The highest BCUT2D eigenvalue weighted by Gasteiger charge is 2.39. The Labute approximate surface area is 425 Å². The molecule has 2 aromatic heterocycles. The Bertz CT molecular complexity index is 2750. The van der Waals surface area contributed by atoms with Crippen molar-refractivity contribution < 1.29 is 51.0 Å². The molecule has 0 aliphatic carbocycles. The number of hydrogen-bond donors (Lipinski definition) is 2. The number of halogens is 4. The Morgan fingerprint density at radius 3 is 2.47 bits per heavy atom. The molecule has 2 fully saturated rings. The van der Waals surface area contributed by atoms with Crippen molar-refractivity contribution in [1.29, 1.82) is 0 Å². The highest BCUT2D eigenvalue weighted by Crippen LogP contribution is 2.43. The van der Waals surface area contributed by atoms with E-state index in [0.29, 0.717) is 76.0 Å². The number of cyclic esters (lactones) is 1. The maximum absolute atomic E-state index is 15.0. The largest absolute Gasteiger partial charge is 0.464 e. The van der Waals surface area contributed by atoms with Gasteiger partial charge >= 0.3 is 12.1 Å². The number of nitrogens with zero attached hydrogens (tertiary/aromatic N) is 5. The van der Waals surface area contributed by atoms with Crippen LogP contribution in [0.5, 0.6) is 0 Å². The third-order valence-corrected chi connectivity index (χ3v) is 14.3. The number of hydrogen-bond acceptors (Lipinski definition) is 10. The lowest BCUT2D eigenvalue weighted by Crippen LogP contribution is -2.61. The summed E-state index contributed by atoms with van der Waals surface area (Å²) in [6.45, 7) is 11.7. The van der Waals surface area contributed by atoms with E-state index in [0.717, 1.165) is 0 Å². The second-order valence-electron chi connectivity index (χ2n) is 21.5. The summed E-state index contributed by atoms with van der Waals surface area (Å²) in [6.07, 6.45) is -3.09. The van der Waals surface area contributed by atoms with Crippen molar-refractivity contribution in [2.24, 2.45) is 17.3 Å². The first-order valence-electron chi connectivity index (χ1n) is 24.9. The first-order chi connectivity index (χ1) is 34.4. The lowest BCUT2D eigenvalue weighted by Gasteiger charge is -2.39. The zero-order chi connectivity index (χ0) is 53.2. The van der Waals surface area contributed by atoms with Crippen molar-refractivity contribution in [3.63, 3.8) is 0 Å². The van der Waals surface area contributed by atoms with Gasteiger partial charge in [-0.1, -0.05) is 51.8 Å². The van der Waals surface area contributed by atoms with Crippen molar-refractivity contribution in [3.05, 3.63) is 77.1 Å². The van der Waals surface area contributed by atoms with Crippen LogP contribution < -0.4 is 10.7 Å². The molecule has 0 spiro atoms. The zero-order valence-corrected chi connectivity index (χ0v) is 43.5. The number of benzene rings is 2. The predicted molar refractivity (Wildman–Crippen MR) is 269 cm³/mol. The van der Waals surface area contributed by atoms with Gasteiger partial charge in [0.2, 0.25) is 5.91 Å². The summed E-state index contributed by atoms with van der Waals surface area (Å²) in [5.41, 5.74) is 5.71. The number of hydrazine groups is 1. The number of likely N-dealkylation sites (tertiary alicyclic amines) is 1. The van der Waals surface area contributed by atoms with E-state index < -0.39 is 72.2 Å². The van der Waals surface area contributed by atoms with E-state index in [9.17, 15) is 36.7 Å². The van der Waals surface area contributed by atoms with Crippen LogP contribution in [-0.4, -0.2) is 132 Å². The second-order valence-corrected chi connectivity index (χ2v) is 21.5. The van der Waals surface area contributed by atoms with Crippen LogP contribution in [0.25, 0.3) is 33.3 Å². The molecule has 0 radical (unpaired) electrons. The standard InChI is InChI=1S/C55H69F4N7O7/c1-33(2)43(30-72-39-28-64(29-39)47(67)17-18-54(6,7)63(8)9)50(68)61-45-24-35-21-36(27-56)23-38(22-35)37-15-16-46-41(25-37)42(26-53(4,5)32-73-52(70)44-14-12-20-66(62-44)51(45)69)49(65(46)31-55(57,58)59)40-13-11-19-60-48(40)34(3)71-10/h11,13,15-16,19,21-23,25,33-34,39,43-45,62H,12,14,20,24,26-32H2,1-10H3,(H,61,68)/t34-,43?,44-,45-/m0/s1. The molecule has 394 valence electrons. The number of methoxy groups -OCH3 is 1. The van der Waals surface area contributed by atoms with Crippen LogP contribution in [0.3, 0.4) is 0 Å². The van der Waals surface area contributed by atoms with Gasteiger partial charge in [0.25, 0.3) is 11.8 Å². The van der Waals surface area contributed by atoms with Crippen molar-refractivity contribution >= 4 is 34.6 Å². The van der Waals surface area contributed by atoms with E-state index in [1.54, 1.807) is 66.6 Å². The van der Waals surface area contributed by atoms with Gasteiger partial charge in [-0.2, -0.15) is 13.2 Å². The Balaban J connectivity index is 1.27. The number of amides is 3.